The van der Waals surface area contributed by atoms with Crippen LogP contribution in [0.1, 0.15) is 61.8 Å². The molecule has 0 bridgehead atoms. The summed E-state index contributed by atoms with van der Waals surface area (Å²) >= 11 is 3.20. The standard InChI is InChI=1S/C18H33BrO5/c1-15(2,3)9-16(4,5)11-23-14(22)18(8,10-20)12-24-13(21)17(6,7)19/h20H,9-12H2,1-8H3. The molecule has 0 aromatic carbocycles. The van der Waals surface area contributed by atoms with E-state index in [4.69, 9.17) is 9.47 Å². The lowest BCUT2D eigenvalue weighted by atomic mass is 9.77. The highest BCUT2D eigenvalue weighted by molar-refractivity contribution is 9.10. The van der Waals surface area contributed by atoms with Crippen molar-refractivity contribution < 1.29 is 24.2 Å². The summed E-state index contributed by atoms with van der Waals surface area (Å²) in [5.74, 6) is -1.06. The molecule has 0 aliphatic heterocycles. The number of halogens is 1. The molecule has 1 atom stereocenters. The van der Waals surface area contributed by atoms with Gasteiger partial charge in [0.1, 0.15) is 16.3 Å². The number of hydrogen-bond acceptors (Lipinski definition) is 5. The monoisotopic (exact) mass is 408 g/mol. The van der Waals surface area contributed by atoms with Crippen LogP contribution >= 0.6 is 15.9 Å². The van der Waals surface area contributed by atoms with Crippen molar-refractivity contribution in [3.8, 4) is 0 Å². The molecule has 0 fully saturated rings. The Morgan fingerprint density at radius 3 is 1.71 bits per heavy atom. The molecule has 0 aliphatic carbocycles. The minimum atomic E-state index is -1.27. The van der Waals surface area contributed by atoms with Gasteiger partial charge >= 0.3 is 11.9 Å². The Morgan fingerprint density at radius 1 is 0.875 bits per heavy atom. The molecule has 5 nitrogen and oxygen atoms in total. The maximum Gasteiger partial charge on any atom is 0.322 e. The van der Waals surface area contributed by atoms with Gasteiger partial charge in [-0.25, -0.2) is 0 Å². The van der Waals surface area contributed by atoms with E-state index in [0.29, 0.717) is 0 Å². The molecule has 0 spiro atoms. The van der Waals surface area contributed by atoms with Gasteiger partial charge in [-0.1, -0.05) is 50.5 Å². The Hall–Kier alpha value is -0.620. The quantitative estimate of drug-likeness (QED) is 0.489. The molecule has 0 aliphatic rings. The smallest absolute Gasteiger partial charge is 0.322 e. The van der Waals surface area contributed by atoms with Crippen molar-refractivity contribution in [2.75, 3.05) is 19.8 Å². The van der Waals surface area contributed by atoms with Gasteiger partial charge in [-0.05, 0) is 38.0 Å². The Kier molecular flexibility index (Phi) is 7.96. The maximum absolute atomic E-state index is 12.4. The van der Waals surface area contributed by atoms with Gasteiger partial charge in [-0.15, -0.1) is 0 Å². The van der Waals surface area contributed by atoms with Crippen molar-refractivity contribution in [3.63, 3.8) is 0 Å². The van der Waals surface area contributed by atoms with Gasteiger partial charge < -0.3 is 14.6 Å². The van der Waals surface area contributed by atoms with E-state index in [1.54, 1.807) is 13.8 Å². The van der Waals surface area contributed by atoms with Gasteiger partial charge in [0, 0.05) is 0 Å². The second kappa shape index (κ2) is 8.17. The van der Waals surface area contributed by atoms with Crippen LogP contribution in [0.5, 0.6) is 0 Å². The average Bonchev–Trinajstić information content (AvgIpc) is 2.38. The molecule has 142 valence electrons. The minimum Gasteiger partial charge on any atom is -0.465 e. The Labute approximate surface area is 154 Å². The number of aliphatic hydroxyl groups excluding tert-OH is 1. The van der Waals surface area contributed by atoms with Gasteiger partial charge in [0.15, 0.2) is 0 Å². The van der Waals surface area contributed by atoms with Gasteiger partial charge in [0.2, 0.25) is 0 Å². The number of aliphatic hydroxyl groups is 1. The van der Waals surface area contributed by atoms with E-state index in [0.717, 1.165) is 6.42 Å². The SMILES string of the molecule is CC(C)(C)CC(C)(C)COC(=O)C(C)(CO)COC(=O)C(C)(C)Br. The third kappa shape index (κ3) is 8.47. The first-order chi connectivity index (χ1) is 10.5. The van der Waals surface area contributed by atoms with E-state index in [1.807, 2.05) is 13.8 Å². The molecule has 0 heterocycles. The zero-order chi connectivity index (χ0) is 19.4. The molecule has 0 aromatic heterocycles. The van der Waals surface area contributed by atoms with Gasteiger partial charge in [-0.2, -0.15) is 0 Å². The number of esters is 2. The number of carbonyl (C=O) groups is 2. The van der Waals surface area contributed by atoms with Gasteiger partial charge in [-0.3, -0.25) is 9.59 Å². The summed E-state index contributed by atoms with van der Waals surface area (Å²) in [5.41, 5.74) is -1.34. The molecule has 0 amide bonds. The molecule has 0 saturated heterocycles. The van der Waals surface area contributed by atoms with E-state index < -0.39 is 28.3 Å². The number of carbonyl (C=O) groups excluding carboxylic acids is 2. The first-order valence-corrected chi connectivity index (χ1v) is 8.96. The molecule has 1 unspecified atom stereocenters. The van der Waals surface area contributed by atoms with E-state index in [1.165, 1.54) is 6.92 Å². The van der Waals surface area contributed by atoms with Crippen LogP contribution in [0.2, 0.25) is 0 Å². The largest absolute Gasteiger partial charge is 0.465 e. The fraction of sp³-hybridized carbons (Fsp3) is 0.889. The summed E-state index contributed by atoms with van der Waals surface area (Å²) in [6, 6.07) is 0. The molecule has 24 heavy (non-hydrogen) atoms. The highest BCUT2D eigenvalue weighted by atomic mass is 79.9. The molecule has 0 saturated carbocycles. The molecule has 0 aromatic rings. The van der Waals surface area contributed by atoms with Crippen LogP contribution < -0.4 is 0 Å². The first-order valence-electron chi connectivity index (χ1n) is 8.17. The zero-order valence-corrected chi connectivity index (χ0v) is 17.9. The van der Waals surface area contributed by atoms with Crippen molar-refractivity contribution in [1.82, 2.24) is 0 Å². The van der Waals surface area contributed by atoms with Crippen LogP contribution in [-0.4, -0.2) is 41.2 Å². The Balaban J connectivity index is 4.76. The van der Waals surface area contributed by atoms with Crippen LogP contribution in [0.4, 0.5) is 0 Å². The van der Waals surface area contributed by atoms with Crippen LogP contribution in [-0.2, 0) is 19.1 Å². The topological polar surface area (TPSA) is 72.8 Å². The third-order valence-corrected chi connectivity index (χ3v) is 3.78. The first kappa shape index (κ1) is 23.4. The molecule has 6 heteroatoms. The lowest BCUT2D eigenvalue weighted by Crippen LogP contribution is -2.42. The number of hydrogen-bond donors (Lipinski definition) is 1. The zero-order valence-electron chi connectivity index (χ0n) is 16.3. The van der Waals surface area contributed by atoms with Crippen molar-refractivity contribution in [2.45, 2.75) is 66.1 Å². The van der Waals surface area contributed by atoms with Crippen molar-refractivity contribution in [1.29, 1.82) is 0 Å². The summed E-state index contributed by atoms with van der Waals surface area (Å²) in [4.78, 5) is 24.2. The third-order valence-electron chi connectivity index (χ3n) is 3.45. The number of rotatable bonds is 8. The van der Waals surface area contributed by atoms with E-state index >= 15 is 0 Å². The van der Waals surface area contributed by atoms with Crippen molar-refractivity contribution >= 4 is 27.9 Å². The second-order valence-electron chi connectivity index (χ2n) is 9.25. The predicted octanol–water partition coefficient (Wildman–Crippen LogP) is 3.71. The minimum absolute atomic E-state index is 0.118. The molecular weight excluding hydrogens is 376 g/mol. The summed E-state index contributed by atoms with van der Waals surface area (Å²) < 4.78 is 9.73. The van der Waals surface area contributed by atoms with E-state index in [9.17, 15) is 14.7 Å². The Bertz CT molecular complexity index is 445. The Morgan fingerprint density at radius 2 is 1.33 bits per heavy atom. The second-order valence-corrected chi connectivity index (χ2v) is 11.2. The maximum atomic E-state index is 12.4. The fourth-order valence-electron chi connectivity index (χ4n) is 2.49. The van der Waals surface area contributed by atoms with Gasteiger partial charge in [0.25, 0.3) is 0 Å². The number of ether oxygens (including phenoxy) is 2. The molecule has 0 radical (unpaired) electrons. The summed E-state index contributed by atoms with van der Waals surface area (Å²) in [7, 11) is 0. The summed E-state index contributed by atoms with van der Waals surface area (Å²) in [6.45, 7) is 14.9. The molecule has 1 N–H and O–H groups in total. The normalized spacial score (nSPS) is 15.6. The predicted molar refractivity (Wildman–Crippen MR) is 98.0 cm³/mol. The highest BCUT2D eigenvalue weighted by Gasteiger charge is 2.39. The van der Waals surface area contributed by atoms with Gasteiger partial charge in [0.05, 0.1) is 13.2 Å². The van der Waals surface area contributed by atoms with Crippen LogP contribution in [0.3, 0.4) is 0 Å². The van der Waals surface area contributed by atoms with E-state index in [-0.39, 0.29) is 24.0 Å². The average molecular weight is 409 g/mol. The summed E-state index contributed by atoms with van der Waals surface area (Å²) in [5, 5.41) is 9.58. The van der Waals surface area contributed by atoms with Crippen LogP contribution in [0, 0.1) is 16.2 Å². The van der Waals surface area contributed by atoms with Crippen molar-refractivity contribution in [2.24, 2.45) is 16.2 Å². The van der Waals surface area contributed by atoms with Crippen LogP contribution in [0.25, 0.3) is 0 Å². The molecular formula is C18H33BrO5. The van der Waals surface area contributed by atoms with Crippen LogP contribution in [0.15, 0.2) is 0 Å². The van der Waals surface area contributed by atoms with E-state index in [2.05, 4.69) is 36.7 Å². The van der Waals surface area contributed by atoms with Crippen molar-refractivity contribution in [3.05, 3.63) is 0 Å². The fourth-order valence-corrected chi connectivity index (χ4v) is 2.60. The number of alkyl halides is 1. The lowest BCUT2D eigenvalue weighted by Gasteiger charge is -2.33. The lowest BCUT2D eigenvalue weighted by molar-refractivity contribution is -0.169. The molecule has 0 rings (SSSR count). The summed E-state index contributed by atoms with van der Waals surface area (Å²) in [6.07, 6.45) is 0.885. The highest BCUT2D eigenvalue weighted by Crippen LogP contribution is 2.34.